The highest BCUT2D eigenvalue weighted by Crippen LogP contribution is 2.23. The largest absolute Gasteiger partial charge is 0.354 e. The average molecular weight is 337 g/mol. The van der Waals surface area contributed by atoms with Crippen molar-refractivity contribution in [2.45, 2.75) is 51.7 Å². The van der Waals surface area contributed by atoms with Crippen molar-refractivity contribution in [1.82, 2.24) is 10.2 Å². The summed E-state index contributed by atoms with van der Waals surface area (Å²) < 4.78 is 0. The molecule has 0 saturated heterocycles. The number of carbonyl (C=O) groups excluding carboxylic acids is 1. The smallest absolute Gasteiger partial charge is 0.233 e. The van der Waals surface area contributed by atoms with Gasteiger partial charge in [-0.1, -0.05) is 51.1 Å². The summed E-state index contributed by atoms with van der Waals surface area (Å²) in [5, 5.41) is 3.12. The van der Waals surface area contributed by atoms with Crippen LogP contribution in [0.5, 0.6) is 0 Å². The highest BCUT2D eigenvalue weighted by molar-refractivity contribution is 7.99. The van der Waals surface area contributed by atoms with Crippen LogP contribution >= 0.6 is 11.8 Å². The predicted molar refractivity (Wildman–Crippen MR) is 102 cm³/mol. The molecule has 0 fully saturated rings. The third-order valence-electron chi connectivity index (χ3n) is 3.97. The lowest BCUT2D eigenvalue weighted by atomic mass is 10.1. The number of nitrogens with one attached hydrogen (secondary N) is 1. The second-order valence-electron chi connectivity index (χ2n) is 6.47. The van der Waals surface area contributed by atoms with Crippen molar-refractivity contribution in [2.24, 2.45) is 5.92 Å². The zero-order valence-corrected chi connectivity index (χ0v) is 16.0. The zero-order valence-electron chi connectivity index (χ0n) is 15.2. The Morgan fingerprint density at radius 1 is 1.17 bits per heavy atom. The molecule has 0 radical (unpaired) electrons. The van der Waals surface area contributed by atoms with Crippen LogP contribution in [0.1, 0.15) is 40.2 Å². The Labute approximate surface area is 146 Å². The van der Waals surface area contributed by atoms with Gasteiger partial charge in [-0.3, -0.25) is 9.69 Å². The van der Waals surface area contributed by atoms with E-state index in [0.29, 0.717) is 12.0 Å². The molecule has 0 heterocycles. The Balaban J connectivity index is 2.45. The van der Waals surface area contributed by atoms with Crippen molar-refractivity contribution >= 4 is 17.7 Å². The Bertz CT molecular complexity index is 448. The van der Waals surface area contributed by atoms with E-state index in [9.17, 15) is 4.79 Å². The minimum absolute atomic E-state index is 0.00401. The molecule has 1 rings (SSSR count). The van der Waals surface area contributed by atoms with E-state index in [2.05, 4.69) is 57.0 Å². The molecular weight excluding hydrogens is 304 g/mol. The van der Waals surface area contributed by atoms with Crippen LogP contribution < -0.4 is 5.32 Å². The molecular formula is C19H32N2OS. The molecule has 0 aromatic heterocycles. The maximum Gasteiger partial charge on any atom is 0.233 e. The molecule has 3 nitrogen and oxygen atoms in total. The molecule has 130 valence electrons. The fraction of sp³-hybridized carbons (Fsp3) is 0.632. The quantitative estimate of drug-likeness (QED) is 0.705. The molecule has 1 aromatic rings. The molecule has 0 aliphatic rings. The van der Waals surface area contributed by atoms with Crippen LogP contribution in [0.15, 0.2) is 30.3 Å². The van der Waals surface area contributed by atoms with Gasteiger partial charge in [0.25, 0.3) is 0 Å². The molecule has 0 spiro atoms. The molecule has 1 aromatic carbocycles. The van der Waals surface area contributed by atoms with E-state index in [1.54, 1.807) is 11.8 Å². The van der Waals surface area contributed by atoms with Crippen LogP contribution in [-0.4, -0.2) is 41.7 Å². The Hall–Kier alpha value is -1.00. The Morgan fingerprint density at radius 2 is 1.83 bits per heavy atom. The van der Waals surface area contributed by atoms with Gasteiger partial charge in [-0.05, 0) is 31.9 Å². The van der Waals surface area contributed by atoms with E-state index in [1.807, 2.05) is 18.2 Å². The molecule has 0 aliphatic carbocycles. The fourth-order valence-electron chi connectivity index (χ4n) is 2.54. The van der Waals surface area contributed by atoms with Gasteiger partial charge in [-0.15, -0.1) is 11.8 Å². The van der Waals surface area contributed by atoms with Crippen LogP contribution in [0.2, 0.25) is 0 Å². The van der Waals surface area contributed by atoms with Gasteiger partial charge in [0.15, 0.2) is 0 Å². The summed E-state index contributed by atoms with van der Waals surface area (Å²) in [6, 6.07) is 10.9. The van der Waals surface area contributed by atoms with Gasteiger partial charge in [0.2, 0.25) is 5.91 Å². The molecule has 0 aliphatic heterocycles. The number of likely N-dealkylation sites (N-methyl/N-ethyl adjacent to an activating group) is 1. The minimum atomic E-state index is 0.00401. The summed E-state index contributed by atoms with van der Waals surface area (Å²) in [7, 11) is 0. The lowest BCUT2D eigenvalue weighted by Crippen LogP contribution is -2.42. The Kier molecular flexibility index (Phi) is 9.34. The molecule has 1 N–H and O–H groups in total. The van der Waals surface area contributed by atoms with Crippen molar-refractivity contribution in [3.05, 3.63) is 35.9 Å². The number of rotatable bonds is 10. The molecule has 1 amide bonds. The molecule has 0 saturated carbocycles. The van der Waals surface area contributed by atoms with Gasteiger partial charge in [-0.2, -0.15) is 0 Å². The molecule has 0 bridgehead atoms. The summed E-state index contributed by atoms with van der Waals surface area (Å²) in [6.07, 6.45) is 0. The van der Waals surface area contributed by atoms with E-state index in [0.717, 1.165) is 25.4 Å². The molecule has 23 heavy (non-hydrogen) atoms. The number of benzene rings is 1. The van der Waals surface area contributed by atoms with Crippen molar-refractivity contribution < 1.29 is 4.79 Å². The summed E-state index contributed by atoms with van der Waals surface area (Å²) in [5.74, 6) is 1.38. The number of hydrogen-bond donors (Lipinski definition) is 1. The van der Waals surface area contributed by atoms with Gasteiger partial charge in [0.05, 0.1) is 5.25 Å². The summed E-state index contributed by atoms with van der Waals surface area (Å²) in [5.41, 5.74) is 1.27. The topological polar surface area (TPSA) is 32.3 Å². The molecule has 4 heteroatoms. The van der Waals surface area contributed by atoms with Crippen LogP contribution in [0.3, 0.4) is 0 Å². The minimum Gasteiger partial charge on any atom is -0.354 e. The second-order valence-corrected chi connectivity index (χ2v) is 7.60. The van der Waals surface area contributed by atoms with Crippen molar-refractivity contribution in [3.8, 4) is 0 Å². The van der Waals surface area contributed by atoms with E-state index in [-0.39, 0.29) is 11.2 Å². The zero-order chi connectivity index (χ0) is 17.2. The number of thioether (sulfide) groups is 1. The van der Waals surface area contributed by atoms with Gasteiger partial charge in [-0.25, -0.2) is 0 Å². The first kappa shape index (κ1) is 20.0. The lowest BCUT2D eigenvalue weighted by molar-refractivity contribution is -0.121. The number of amides is 1. The van der Waals surface area contributed by atoms with Crippen LogP contribution in [0.25, 0.3) is 0 Å². The van der Waals surface area contributed by atoms with Crippen molar-refractivity contribution in [2.75, 3.05) is 19.6 Å². The van der Waals surface area contributed by atoms with Crippen LogP contribution in [0.4, 0.5) is 0 Å². The molecule has 1 unspecified atom stereocenters. The first-order valence-corrected chi connectivity index (χ1v) is 9.67. The van der Waals surface area contributed by atoms with E-state index >= 15 is 0 Å². The van der Waals surface area contributed by atoms with E-state index < -0.39 is 0 Å². The van der Waals surface area contributed by atoms with Crippen molar-refractivity contribution in [1.29, 1.82) is 0 Å². The van der Waals surface area contributed by atoms with Crippen LogP contribution in [0, 0.1) is 5.92 Å². The van der Waals surface area contributed by atoms with E-state index in [1.165, 1.54) is 5.56 Å². The lowest BCUT2D eigenvalue weighted by Gasteiger charge is -2.26. The standard InChI is InChI=1S/C19H32N2OS/c1-6-21(16(4)5)13-12-20-19(22)18(15(2)3)23-14-17-10-8-7-9-11-17/h7-11,15-16,18H,6,12-14H2,1-5H3,(H,20,22). The van der Waals surface area contributed by atoms with E-state index in [4.69, 9.17) is 0 Å². The summed E-state index contributed by atoms with van der Waals surface area (Å²) >= 11 is 1.74. The third kappa shape index (κ3) is 7.40. The first-order chi connectivity index (χ1) is 11.0. The van der Waals surface area contributed by atoms with Crippen molar-refractivity contribution in [3.63, 3.8) is 0 Å². The monoisotopic (exact) mass is 336 g/mol. The van der Waals surface area contributed by atoms with Gasteiger partial charge >= 0.3 is 0 Å². The number of nitrogens with zero attached hydrogens (tertiary/aromatic N) is 1. The fourth-order valence-corrected chi connectivity index (χ4v) is 3.72. The maximum atomic E-state index is 12.5. The number of carbonyl (C=O) groups is 1. The maximum absolute atomic E-state index is 12.5. The van der Waals surface area contributed by atoms with Gasteiger partial charge < -0.3 is 5.32 Å². The molecule has 1 atom stereocenters. The average Bonchev–Trinajstić information content (AvgIpc) is 2.52. The SMILES string of the molecule is CCN(CCNC(=O)C(SCc1ccccc1)C(C)C)C(C)C. The summed E-state index contributed by atoms with van der Waals surface area (Å²) in [6.45, 7) is 13.4. The number of hydrogen-bond acceptors (Lipinski definition) is 3. The van der Waals surface area contributed by atoms with Crippen LogP contribution in [-0.2, 0) is 10.5 Å². The first-order valence-electron chi connectivity index (χ1n) is 8.63. The summed E-state index contributed by atoms with van der Waals surface area (Å²) in [4.78, 5) is 14.9. The predicted octanol–water partition coefficient (Wildman–Crippen LogP) is 3.79. The Morgan fingerprint density at radius 3 is 2.35 bits per heavy atom. The van der Waals surface area contributed by atoms with Gasteiger partial charge in [0, 0.05) is 24.9 Å². The van der Waals surface area contributed by atoms with Gasteiger partial charge in [0.1, 0.15) is 0 Å². The highest BCUT2D eigenvalue weighted by atomic mass is 32.2. The second kappa shape index (κ2) is 10.7. The normalized spacial score (nSPS) is 12.9. The third-order valence-corrected chi connectivity index (χ3v) is 5.59. The highest BCUT2D eigenvalue weighted by Gasteiger charge is 2.22.